The van der Waals surface area contributed by atoms with Crippen molar-refractivity contribution in [3.8, 4) is 0 Å². The number of hydrogen-bond donors (Lipinski definition) is 1. The molecule has 0 aromatic heterocycles. The minimum atomic E-state index is -0.121. The van der Waals surface area contributed by atoms with Crippen LogP contribution in [0, 0.1) is 5.82 Å². The molecule has 0 spiro atoms. The molecule has 1 heterocycles. The summed E-state index contributed by atoms with van der Waals surface area (Å²) in [7, 11) is 0. The van der Waals surface area contributed by atoms with E-state index < -0.39 is 0 Å². The summed E-state index contributed by atoms with van der Waals surface area (Å²) in [4.78, 5) is 0.779. The van der Waals surface area contributed by atoms with E-state index >= 15 is 0 Å². The molecular weight excluding hydrogens is 249 g/mol. The topological polar surface area (TPSA) is 35.2 Å². The first-order valence-corrected chi connectivity index (χ1v) is 7.32. The van der Waals surface area contributed by atoms with Crippen LogP contribution in [0.25, 0.3) is 0 Å². The summed E-state index contributed by atoms with van der Waals surface area (Å²) >= 11 is 1.65. The summed E-state index contributed by atoms with van der Waals surface area (Å²) in [6, 6.07) is 5.34. The van der Waals surface area contributed by atoms with Gasteiger partial charge in [-0.1, -0.05) is 12.1 Å². The molecule has 1 aliphatic rings. The van der Waals surface area contributed by atoms with Crippen LogP contribution in [0.2, 0.25) is 0 Å². The van der Waals surface area contributed by atoms with Crippen LogP contribution >= 0.6 is 11.8 Å². The number of thioether (sulfide) groups is 1. The number of nitrogens with two attached hydrogens (primary N) is 1. The van der Waals surface area contributed by atoms with Gasteiger partial charge in [-0.05, 0) is 37.8 Å². The van der Waals surface area contributed by atoms with E-state index in [1.807, 2.05) is 13.0 Å². The predicted octanol–water partition coefficient (Wildman–Crippen LogP) is 2.99. The predicted molar refractivity (Wildman–Crippen MR) is 73.5 cm³/mol. The number of rotatable bonds is 4. The molecule has 0 saturated carbocycles. The summed E-state index contributed by atoms with van der Waals surface area (Å²) in [6.45, 7) is 3.53. The quantitative estimate of drug-likeness (QED) is 0.912. The average Bonchev–Trinajstić information content (AvgIpc) is 2.34. The van der Waals surface area contributed by atoms with Gasteiger partial charge in [0.1, 0.15) is 5.82 Å². The Morgan fingerprint density at radius 2 is 2.17 bits per heavy atom. The van der Waals surface area contributed by atoms with Gasteiger partial charge in [0.15, 0.2) is 0 Å². The van der Waals surface area contributed by atoms with Crippen LogP contribution in [0.4, 0.5) is 4.39 Å². The lowest BCUT2D eigenvalue weighted by Gasteiger charge is -2.23. The Morgan fingerprint density at radius 3 is 2.83 bits per heavy atom. The van der Waals surface area contributed by atoms with Gasteiger partial charge in [-0.25, -0.2) is 4.39 Å². The summed E-state index contributed by atoms with van der Waals surface area (Å²) in [5, 5.41) is 0.461. The molecule has 2 N–H and O–H groups in total. The van der Waals surface area contributed by atoms with Crippen LogP contribution in [-0.4, -0.2) is 24.5 Å². The van der Waals surface area contributed by atoms with E-state index in [1.165, 1.54) is 6.07 Å². The summed E-state index contributed by atoms with van der Waals surface area (Å²) in [5.41, 5.74) is 6.85. The maximum Gasteiger partial charge on any atom is 0.137 e. The fourth-order valence-electron chi connectivity index (χ4n) is 2.15. The number of hydrogen-bond acceptors (Lipinski definition) is 3. The smallest absolute Gasteiger partial charge is 0.137 e. The van der Waals surface area contributed by atoms with Gasteiger partial charge in [0.25, 0.3) is 0 Å². The van der Waals surface area contributed by atoms with E-state index in [0.717, 1.165) is 42.9 Å². The van der Waals surface area contributed by atoms with Crippen LogP contribution in [0.3, 0.4) is 0 Å². The zero-order valence-electron chi connectivity index (χ0n) is 10.7. The lowest BCUT2D eigenvalue weighted by Crippen LogP contribution is -2.20. The molecule has 1 aromatic carbocycles. The highest BCUT2D eigenvalue weighted by Crippen LogP contribution is 2.34. The molecule has 2 rings (SSSR count). The number of halogens is 1. The lowest BCUT2D eigenvalue weighted by molar-refractivity contribution is 0.1000. The van der Waals surface area contributed by atoms with Crippen molar-refractivity contribution >= 4 is 11.8 Å². The molecule has 1 unspecified atom stereocenters. The highest BCUT2D eigenvalue weighted by atomic mass is 32.2. The maximum absolute atomic E-state index is 14.0. The van der Waals surface area contributed by atoms with E-state index in [-0.39, 0.29) is 11.9 Å². The van der Waals surface area contributed by atoms with Crippen molar-refractivity contribution in [1.29, 1.82) is 0 Å². The van der Waals surface area contributed by atoms with Gasteiger partial charge in [-0.15, -0.1) is 11.8 Å². The van der Waals surface area contributed by atoms with E-state index in [4.69, 9.17) is 10.5 Å². The molecule has 0 radical (unpaired) electrons. The number of benzene rings is 1. The van der Waals surface area contributed by atoms with E-state index in [1.54, 1.807) is 17.8 Å². The highest BCUT2D eigenvalue weighted by molar-refractivity contribution is 8.00. The Balaban J connectivity index is 2.13. The van der Waals surface area contributed by atoms with Crippen LogP contribution in [0.15, 0.2) is 23.1 Å². The van der Waals surface area contributed by atoms with Crippen molar-refractivity contribution in [3.63, 3.8) is 0 Å². The van der Waals surface area contributed by atoms with Crippen molar-refractivity contribution in [1.82, 2.24) is 0 Å². The fraction of sp³-hybridized carbons (Fsp3) is 0.571. The lowest BCUT2D eigenvalue weighted by atomic mass is 10.1. The van der Waals surface area contributed by atoms with Crippen LogP contribution in [0.5, 0.6) is 0 Å². The minimum absolute atomic E-state index is 0.0563. The second-order valence-corrected chi connectivity index (χ2v) is 6.15. The second kappa shape index (κ2) is 6.55. The SMILES string of the molecule is CC(N)Cc1cccc(F)c1SC1CCOCC1. The maximum atomic E-state index is 14.0. The first-order chi connectivity index (χ1) is 8.66. The molecule has 18 heavy (non-hydrogen) atoms. The van der Waals surface area contributed by atoms with Crippen LogP contribution in [-0.2, 0) is 11.2 Å². The number of ether oxygens (including phenoxy) is 1. The standard InChI is InChI=1S/C14H20FNOS/c1-10(16)9-11-3-2-4-13(15)14(11)18-12-5-7-17-8-6-12/h2-4,10,12H,5-9,16H2,1H3. The molecule has 0 amide bonds. The summed E-state index contributed by atoms with van der Waals surface area (Å²) < 4.78 is 19.3. The van der Waals surface area contributed by atoms with Gasteiger partial charge < -0.3 is 10.5 Å². The Morgan fingerprint density at radius 1 is 1.44 bits per heavy atom. The van der Waals surface area contributed by atoms with Crippen molar-refractivity contribution < 1.29 is 9.13 Å². The molecule has 0 aliphatic carbocycles. The first-order valence-electron chi connectivity index (χ1n) is 6.44. The third kappa shape index (κ3) is 3.70. The fourth-order valence-corrected chi connectivity index (χ4v) is 3.40. The van der Waals surface area contributed by atoms with Crippen LogP contribution in [0.1, 0.15) is 25.3 Å². The molecule has 1 atom stereocenters. The Labute approximate surface area is 112 Å². The highest BCUT2D eigenvalue weighted by Gasteiger charge is 2.19. The molecule has 1 fully saturated rings. The van der Waals surface area contributed by atoms with Gasteiger partial charge in [-0.3, -0.25) is 0 Å². The van der Waals surface area contributed by atoms with Crippen molar-refractivity contribution in [2.24, 2.45) is 5.73 Å². The Kier molecular flexibility index (Phi) is 5.03. The van der Waals surface area contributed by atoms with Crippen LogP contribution < -0.4 is 5.73 Å². The summed E-state index contributed by atoms with van der Waals surface area (Å²) in [6.07, 6.45) is 2.72. The average molecular weight is 269 g/mol. The Hall–Kier alpha value is -0.580. The molecule has 4 heteroatoms. The molecule has 0 bridgehead atoms. The van der Waals surface area contributed by atoms with Crippen molar-refractivity contribution in [3.05, 3.63) is 29.6 Å². The summed E-state index contributed by atoms with van der Waals surface area (Å²) in [5.74, 6) is -0.121. The monoisotopic (exact) mass is 269 g/mol. The van der Waals surface area contributed by atoms with Gasteiger partial charge in [0.2, 0.25) is 0 Å². The zero-order chi connectivity index (χ0) is 13.0. The minimum Gasteiger partial charge on any atom is -0.381 e. The van der Waals surface area contributed by atoms with Gasteiger partial charge in [0.05, 0.1) is 0 Å². The molecule has 1 aliphatic heterocycles. The van der Waals surface area contributed by atoms with E-state index in [9.17, 15) is 4.39 Å². The Bertz CT molecular complexity index is 391. The normalized spacial score (nSPS) is 18.8. The molecular formula is C14H20FNOS. The largest absolute Gasteiger partial charge is 0.381 e. The van der Waals surface area contributed by atoms with Gasteiger partial charge in [0, 0.05) is 29.4 Å². The van der Waals surface area contributed by atoms with Gasteiger partial charge in [-0.2, -0.15) is 0 Å². The van der Waals surface area contributed by atoms with E-state index in [0.29, 0.717) is 5.25 Å². The zero-order valence-corrected chi connectivity index (χ0v) is 11.5. The van der Waals surface area contributed by atoms with Gasteiger partial charge >= 0.3 is 0 Å². The van der Waals surface area contributed by atoms with Crippen molar-refractivity contribution in [2.45, 2.75) is 42.4 Å². The second-order valence-electron chi connectivity index (χ2n) is 4.84. The molecule has 2 nitrogen and oxygen atoms in total. The third-order valence-electron chi connectivity index (χ3n) is 3.04. The van der Waals surface area contributed by atoms with Crippen molar-refractivity contribution in [2.75, 3.05) is 13.2 Å². The first kappa shape index (κ1) is 13.8. The van der Waals surface area contributed by atoms with E-state index in [2.05, 4.69) is 0 Å². The molecule has 1 saturated heterocycles. The molecule has 100 valence electrons. The third-order valence-corrected chi connectivity index (χ3v) is 4.54. The molecule has 1 aromatic rings.